The molecule has 0 radical (unpaired) electrons. The molecule has 2 rings (SSSR count). The Morgan fingerprint density at radius 2 is 1.95 bits per heavy atom. The van der Waals surface area contributed by atoms with Crippen molar-refractivity contribution >= 4 is 23.5 Å². The number of likely N-dealkylation sites (tertiary alicyclic amines) is 1. The highest BCUT2D eigenvalue weighted by Gasteiger charge is 2.36. The number of nitrogens with zero attached hydrogens (tertiary/aromatic N) is 1. The van der Waals surface area contributed by atoms with Gasteiger partial charge in [0.05, 0.1) is 16.5 Å². The van der Waals surface area contributed by atoms with Crippen LogP contribution >= 0.6 is 11.6 Å². The predicted octanol–water partition coefficient (Wildman–Crippen LogP) is 2.94. The van der Waals surface area contributed by atoms with Crippen molar-refractivity contribution in [1.29, 1.82) is 0 Å². The van der Waals surface area contributed by atoms with E-state index in [0.717, 1.165) is 12.1 Å². The fraction of sp³-hybridized carbons (Fsp3) is 0.429. The number of carbonyl (C=O) groups is 2. The van der Waals surface area contributed by atoms with Crippen LogP contribution in [0.1, 0.15) is 30.1 Å². The molecule has 0 spiro atoms. The molecule has 4 nitrogen and oxygen atoms in total. The lowest BCUT2D eigenvalue weighted by molar-refractivity contribution is -0.144. The Kier molecular flexibility index (Phi) is 4.46. The molecule has 1 aromatic rings. The van der Waals surface area contributed by atoms with Crippen molar-refractivity contribution in [3.05, 3.63) is 34.4 Å². The molecule has 1 amide bonds. The molecule has 1 aliphatic heterocycles. The van der Waals surface area contributed by atoms with Crippen LogP contribution in [-0.2, 0) is 4.79 Å². The number of carbonyl (C=O) groups excluding carboxylic acids is 1. The molecule has 1 heterocycles. The molecule has 1 fully saturated rings. The lowest BCUT2D eigenvalue weighted by Crippen LogP contribution is -2.49. The third-order valence-electron chi connectivity index (χ3n) is 3.81. The molecule has 0 bridgehead atoms. The van der Waals surface area contributed by atoms with E-state index >= 15 is 0 Å². The summed E-state index contributed by atoms with van der Waals surface area (Å²) in [4.78, 5) is 24.9. The topological polar surface area (TPSA) is 57.6 Å². The lowest BCUT2D eigenvalue weighted by atomic mass is 9.90. The molecule has 1 aliphatic rings. The summed E-state index contributed by atoms with van der Waals surface area (Å²) in [7, 11) is 0. The van der Waals surface area contributed by atoms with Crippen LogP contribution in [0.4, 0.5) is 8.78 Å². The van der Waals surface area contributed by atoms with E-state index < -0.39 is 35.5 Å². The monoisotopic (exact) mass is 317 g/mol. The largest absolute Gasteiger partial charge is 0.481 e. The van der Waals surface area contributed by atoms with E-state index in [2.05, 4.69) is 0 Å². The number of carboxylic acids is 1. The van der Waals surface area contributed by atoms with Crippen LogP contribution in [0.15, 0.2) is 12.1 Å². The Morgan fingerprint density at radius 1 is 1.33 bits per heavy atom. The average molecular weight is 318 g/mol. The number of benzene rings is 1. The average Bonchev–Trinajstić information content (AvgIpc) is 2.42. The Hall–Kier alpha value is -1.69. The summed E-state index contributed by atoms with van der Waals surface area (Å²) >= 11 is 5.79. The molecule has 114 valence electrons. The molecule has 1 saturated heterocycles. The van der Waals surface area contributed by atoms with Crippen LogP contribution in [-0.4, -0.2) is 34.5 Å². The molecule has 0 aromatic heterocycles. The minimum Gasteiger partial charge on any atom is -0.481 e. The van der Waals surface area contributed by atoms with Gasteiger partial charge in [0.1, 0.15) is 0 Å². The van der Waals surface area contributed by atoms with E-state index in [-0.39, 0.29) is 10.6 Å². The maximum absolute atomic E-state index is 13.3. The number of carboxylic acid groups (broad SMARTS) is 1. The first-order valence-corrected chi connectivity index (χ1v) is 6.89. The molecule has 0 saturated carbocycles. The van der Waals surface area contributed by atoms with Crippen molar-refractivity contribution in [3.63, 3.8) is 0 Å². The lowest BCUT2D eigenvalue weighted by Gasteiger charge is -2.37. The van der Waals surface area contributed by atoms with E-state index in [4.69, 9.17) is 16.7 Å². The van der Waals surface area contributed by atoms with Gasteiger partial charge in [-0.3, -0.25) is 9.59 Å². The van der Waals surface area contributed by atoms with Gasteiger partial charge in [-0.15, -0.1) is 0 Å². The summed E-state index contributed by atoms with van der Waals surface area (Å²) in [5.41, 5.74) is -0.159. The van der Waals surface area contributed by atoms with Gasteiger partial charge in [0.2, 0.25) is 0 Å². The number of hydrogen-bond donors (Lipinski definition) is 1. The molecule has 2 atom stereocenters. The van der Waals surface area contributed by atoms with Crippen molar-refractivity contribution in [1.82, 2.24) is 4.90 Å². The standard InChI is InChI=1S/C14H14ClF2NO3/c1-7-8(14(20)21)3-2-4-18(7)13(19)9-5-11(16)12(17)6-10(9)15/h5-8H,2-4H2,1H3,(H,20,21)/t7-,8-/m1/s1. The smallest absolute Gasteiger partial charge is 0.308 e. The summed E-state index contributed by atoms with van der Waals surface area (Å²) in [6.07, 6.45) is 1.01. The Balaban J connectivity index is 2.31. The minimum absolute atomic E-state index is 0.159. The third-order valence-corrected chi connectivity index (χ3v) is 4.12. The normalized spacial score (nSPS) is 22.2. The maximum atomic E-state index is 13.3. The van der Waals surface area contributed by atoms with Crippen LogP contribution in [0.5, 0.6) is 0 Å². The molecule has 7 heteroatoms. The SMILES string of the molecule is C[C@@H]1[C@H](C(=O)O)CCCN1C(=O)c1cc(F)c(F)cc1Cl. The molecular formula is C14H14ClF2NO3. The number of piperidine rings is 1. The zero-order chi connectivity index (χ0) is 15.7. The van der Waals surface area contributed by atoms with Crippen molar-refractivity contribution < 1.29 is 23.5 Å². The first kappa shape index (κ1) is 15.7. The predicted molar refractivity (Wildman–Crippen MR) is 72.2 cm³/mol. The van der Waals surface area contributed by atoms with Gasteiger partial charge in [0, 0.05) is 12.6 Å². The van der Waals surface area contributed by atoms with Gasteiger partial charge in [0.25, 0.3) is 5.91 Å². The van der Waals surface area contributed by atoms with Crippen LogP contribution in [0, 0.1) is 17.6 Å². The van der Waals surface area contributed by atoms with Crippen LogP contribution in [0.25, 0.3) is 0 Å². The van der Waals surface area contributed by atoms with Gasteiger partial charge in [-0.25, -0.2) is 8.78 Å². The Morgan fingerprint density at radius 3 is 2.57 bits per heavy atom. The van der Waals surface area contributed by atoms with E-state index in [1.807, 2.05) is 0 Å². The first-order chi connectivity index (χ1) is 9.82. The van der Waals surface area contributed by atoms with Gasteiger partial charge in [-0.1, -0.05) is 11.6 Å². The van der Waals surface area contributed by atoms with E-state index in [1.165, 1.54) is 4.90 Å². The van der Waals surface area contributed by atoms with Gasteiger partial charge in [0.15, 0.2) is 11.6 Å². The second-order valence-electron chi connectivity index (χ2n) is 5.07. The summed E-state index contributed by atoms with van der Waals surface area (Å²) < 4.78 is 26.3. The fourth-order valence-electron chi connectivity index (χ4n) is 2.60. The highest BCUT2D eigenvalue weighted by molar-refractivity contribution is 6.33. The maximum Gasteiger partial charge on any atom is 0.308 e. The van der Waals surface area contributed by atoms with E-state index in [0.29, 0.717) is 19.4 Å². The van der Waals surface area contributed by atoms with E-state index in [1.54, 1.807) is 6.92 Å². The molecule has 1 aromatic carbocycles. The third kappa shape index (κ3) is 3.00. The summed E-state index contributed by atoms with van der Waals surface area (Å²) in [5.74, 6) is -4.53. The Bertz CT molecular complexity index is 594. The minimum atomic E-state index is -1.16. The van der Waals surface area contributed by atoms with Crippen molar-refractivity contribution in [2.24, 2.45) is 5.92 Å². The zero-order valence-electron chi connectivity index (χ0n) is 11.3. The fourth-order valence-corrected chi connectivity index (χ4v) is 2.83. The quantitative estimate of drug-likeness (QED) is 0.853. The summed E-state index contributed by atoms with van der Waals surface area (Å²) in [6, 6.07) is 0.956. The van der Waals surface area contributed by atoms with Crippen molar-refractivity contribution in [3.8, 4) is 0 Å². The van der Waals surface area contributed by atoms with E-state index in [9.17, 15) is 18.4 Å². The van der Waals surface area contributed by atoms with Gasteiger partial charge < -0.3 is 10.0 Å². The second kappa shape index (κ2) is 5.97. The van der Waals surface area contributed by atoms with Gasteiger partial charge in [-0.05, 0) is 31.9 Å². The van der Waals surface area contributed by atoms with Crippen molar-refractivity contribution in [2.45, 2.75) is 25.8 Å². The number of halogens is 3. The number of hydrogen-bond acceptors (Lipinski definition) is 2. The molecule has 0 unspecified atom stereocenters. The first-order valence-electron chi connectivity index (χ1n) is 6.51. The molecule has 0 aliphatic carbocycles. The van der Waals surface area contributed by atoms with Crippen LogP contribution in [0.2, 0.25) is 5.02 Å². The molecular weight excluding hydrogens is 304 g/mol. The Labute approximate surface area is 125 Å². The number of rotatable bonds is 2. The summed E-state index contributed by atoms with van der Waals surface area (Å²) in [6.45, 7) is 1.99. The number of aliphatic carboxylic acids is 1. The van der Waals surface area contributed by atoms with Gasteiger partial charge >= 0.3 is 5.97 Å². The second-order valence-corrected chi connectivity index (χ2v) is 5.48. The molecule has 1 N–H and O–H groups in total. The van der Waals surface area contributed by atoms with Crippen LogP contribution < -0.4 is 0 Å². The van der Waals surface area contributed by atoms with Crippen molar-refractivity contribution in [2.75, 3.05) is 6.54 Å². The number of amides is 1. The highest BCUT2D eigenvalue weighted by Crippen LogP contribution is 2.28. The van der Waals surface area contributed by atoms with Gasteiger partial charge in [-0.2, -0.15) is 0 Å². The molecule has 21 heavy (non-hydrogen) atoms. The zero-order valence-corrected chi connectivity index (χ0v) is 12.0. The highest BCUT2D eigenvalue weighted by atomic mass is 35.5. The summed E-state index contributed by atoms with van der Waals surface area (Å²) in [5, 5.41) is 8.95. The van der Waals surface area contributed by atoms with Crippen LogP contribution in [0.3, 0.4) is 0 Å².